The van der Waals surface area contributed by atoms with E-state index in [2.05, 4.69) is 57.0 Å². The van der Waals surface area contributed by atoms with Crippen LogP contribution < -0.4 is 5.32 Å². The molecule has 104 valence electrons. The van der Waals surface area contributed by atoms with Gasteiger partial charge in [-0.3, -0.25) is 0 Å². The van der Waals surface area contributed by atoms with Gasteiger partial charge >= 0.3 is 0 Å². The first-order chi connectivity index (χ1) is 7.70. The van der Waals surface area contributed by atoms with Crippen LogP contribution in [0.25, 0.3) is 0 Å². The number of hydrogen-bond acceptors (Lipinski definition) is 4. The number of aliphatic hydroxyl groups is 1. The lowest BCUT2D eigenvalue weighted by Crippen LogP contribution is -2.44. The van der Waals surface area contributed by atoms with Crippen molar-refractivity contribution in [1.29, 1.82) is 0 Å². The van der Waals surface area contributed by atoms with Crippen molar-refractivity contribution in [2.24, 2.45) is 0 Å². The first-order valence-corrected chi connectivity index (χ1v) is 6.47. The van der Waals surface area contributed by atoms with Gasteiger partial charge in [-0.2, -0.15) is 0 Å². The van der Waals surface area contributed by atoms with Crippen LogP contribution in [0.15, 0.2) is 0 Å². The number of β-amino-alcohol motifs (C(OH)–C–C–N with tert-alkyl or cyclic N) is 1. The third-order valence-corrected chi connectivity index (χ3v) is 2.54. The summed E-state index contributed by atoms with van der Waals surface area (Å²) in [6.45, 7) is 9.85. The highest BCUT2D eigenvalue weighted by Crippen LogP contribution is 1.99. The molecule has 0 aromatic heterocycles. The summed E-state index contributed by atoms with van der Waals surface area (Å²) in [5.74, 6) is 0. The molecule has 0 aromatic rings. The molecule has 0 saturated carbocycles. The summed E-state index contributed by atoms with van der Waals surface area (Å²) in [6.07, 6.45) is 0.849. The lowest BCUT2D eigenvalue weighted by Gasteiger charge is -2.25. The maximum absolute atomic E-state index is 9.88. The Morgan fingerprint density at radius 2 is 1.71 bits per heavy atom. The standard InChI is InChI=1S/C13H31N3O/c1-13(2,3)14-10-12(17)11-16(6)9-7-8-15(4)5/h12,14,17H,7-11H2,1-6H3. The third kappa shape index (κ3) is 12.1. The Labute approximate surface area is 107 Å². The summed E-state index contributed by atoms with van der Waals surface area (Å²) in [5, 5.41) is 13.2. The van der Waals surface area contributed by atoms with Crippen LogP contribution >= 0.6 is 0 Å². The Bertz CT molecular complexity index is 190. The molecule has 1 atom stereocenters. The minimum Gasteiger partial charge on any atom is -0.390 e. The summed E-state index contributed by atoms with van der Waals surface area (Å²) >= 11 is 0. The summed E-state index contributed by atoms with van der Waals surface area (Å²) in [5.41, 5.74) is 0.0739. The largest absolute Gasteiger partial charge is 0.390 e. The van der Waals surface area contributed by atoms with E-state index in [0.717, 1.165) is 26.1 Å². The van der Waals surface area contributed by atoms with Gasteiger partial charge in [0.25, 0.3) is 0 Å². The SMILES string of the molecule is CN(C)CCCN(C)CC(O)CNC(C)(C)C. The van der Waals surface area contributed by atoms with E-state index in [-0.39, 0.29) is 11.6 Å². The van der Waals surface area contributed by atoms with Crippen LogP contribution in [-0.2, 0) is 0 Å². The molecule has 0 aliphatic carbocycles. The number of nitrogens with zero attached hydrogens (tertiary/aromatic N) is 2. The van der Waals surface area contributed by atoms with Crippen molar-refractivity contribution >= 4 is 0 Å². The highest BCUT2D eigenvalue weighted by molar-refractivity contribution is 4.74. The van der Waals surface area contributed by atoms with Crippen molar-refractivity contribution in [3.05, 3.63) is 0 Å². The topological polar surface area (TPSA) is 38.7 Å². The quantitative estimate of drug-likeness (QED) is 0.657. The van der Waals surface area contributed by atoms with Gasteiger partial charge in [0.2, 0.25) is 0 Å². The van der Waals surface area contributed by atoms with E-state index in [0.29, 0.717) is 6.54 Å². The molecule has 0 spiro atoms. The van der Waals surface area contributed by atoms with Gasteiger partial charge in [-0.25, -0.2) is 0 Å². The molecule has 0 heterocycles. The van der Waals surface area contributed by atoms with Gasteiger partial charge < -0.3 is 20.2 Å². The van der Waals surface area contributed by atoms with Crippen molar-refractivity contribution < 1.29 is 5.11 Å². The van der Waals surface area contributed by atoms with Crippen molar-refractivity contribution in [2.75, 3.05) is 47.3 Å². The molecule has 0 amide bonds. The van der Waals surface area contributed by atoms with Crippen LogP contribution in [0.1, 0.15) is 27.2 Å². The van der Waals surface area contributed by atoms with Crippen LogP contribution in [0.2, 0.25) is 0 Å². The molecular weight excluding hydrogens is 214 g/mol. The summed E-state index contributed by atoms with van der Waals surface area (Å²) < 4.78 is 0. The van der Waals surface area contributed by atoms with Gasteiger partial charge in [-0.05, 0) is 61.4 Å². The summed E-state index contributed by atoms with van der Waals surface area (Å²) in [6, 6.07) is 0. The molecule has 0 bridgehead atoms. The summed E-state index contributed by atoms with van der Waals surface area (Å²) in [4.78, 5) is 4.38. The zero-order valence-electron chi connectivity index (χ0n) is 12.5. The number of rotatable bonds is 8. The fourth-order valence-corrected chi connectivity index (χ4v) is 1.60. The van der Waals surface area contributed by atoms with Gasteiger partial charge in [-0.15, -0.1) is 0 Å². The van der Waals surface area contributed by atoms with Crippen LogP contribution in [-0.4, -0.2) is 73.9 Å². The van der Waals surface area contributed by atoms with Crippen LogP contribution in [0.5, 0.6) is 0 Å². The van der Waals surface area contributed by atoms with E-state index in [1.54, 1.807) is 0 Å². The van der Waals surface area contributed by atoms with Crippen molar-refractivity contribution in [3.63, 3.8) is 0 Å². The third-order valence-electron chi connectivity index (χ3n) is 2.54. The Kier molecular flexibility index (Phi) is 7.96. The lowest BCUT2D eigenvalue weighted by atomic mass is 10.1. The molecular formula is C13H31N3O. The molecule has 0 aliphatic heterocycles. The molecule has 1 unspecified atom stereocenters. The highest BCUT2D eigenvalue weighted by atomic mass is 16.3. The van der Waals surface area contributed by atoms with Crippen molar-refractivity contribution in [2.45, 2.75) is 38.8 Å². The maximum Gasteiger partial charge on any atom is 0.0791 e. The smallest absolute Gasteiger partial charge is 0.0791 e. The van der Waals surface area contributed by atoms with Gasteiger partial charge in [0.05, 0.1) is 6.10 Å². The Morgan fingerprint density at radius 3 is 2.18 bits per heavy atom. The Hall–Kier alpha value is -0.160. The van der Waals surface area contributed by atoms with E-state index in [9.17, 15) is 5.11 Å². The second-order valence-corrected chi connectivity index (χ2v) is 6.20. The van der Waals surface area contributed by atoms with E-state index >= 15 is 0 Å². The molecule has 4 nitrogen and oxygen atoms in total. The van der Waals surface area contributed by atoms with E-state index in [1.807, 2.05) is 0 Å². The van der Waals surface area contributed by atoms with Gasteiger partial charge in [0.15, 0.2) is 0 Å². The zero-order chi connectivity index (χ0) is 13.5. The van der Waals surface area contributed by atoms with E-state index in [4.69, 9.17) is 0 Å². The summed E-state index contributed by atoms with van der Waals surface area (Å²) in [7, 11) is 6.24. The fourth-order valence-electron chi connectivity index (χ4n) is 1.60. The van der Waals surface area contributed by atoms with E-state index < -0.39 is 0 Å². The molecule has 0 rings (SSSR count). The minimum absolute atomic E-state index is 0.0739. The van der Waals surface area contributed by atoms with Gasteiger partial charge in [-0.1, -0.05) is 0 Å². The predicted molar refractivity (Wildman–Crippen MR) is 74.4 cm³/mol. The first kappa shape index (κ1) is 16.8. The van der Waals surface area contributed by atoms with Crippen LogP contribution in [0.4, 0.5) is 0 Å². The number of hydrogen-bond donors (Lipinski definition) is 2. The predicted octanol–water partition coefficient (Wildman–Crippen LogP) is 0.619. The molecule has 0 saturated heterocycles. The average Bonchev–Trinajstić information content (AvgIpc) is 2.13. The second-order valence-electron chi connectivity index (χ2n) is 6.20. The molecule has 2 N–H and O–H groups in total. The van der Waals surface area contributed by atoms with Crippen LogP contribution in [0, 0.1) is 0 Å². The fraction of sp³-hybridized carbons (Fsp3) is 1.00. The minimum atomic E-state index is -0.293. The molecule has 4 heteroatoms. The second kappa shape index (κ2) is 8.03. The first-order valence-electron chi connectivity index (χ1n) is 6.47. The van der Waals surface area contributed by atoms with Crippen molar-refractivity contribution in [1.82, 2.24) is 15.1 Å². The van der Waals surface area contributed by atoms with Crippen LogP contribution in [0.3, 0.4) is 0 Å². The Balaban J connectivity index is 3.62. The molecule has 0 radical (unpaired) electrons. The number of aliphatic hydroxyl groups excluding tert-OH is 1. The zero-order valence-corrected chi connectivity index (χ0v) is 12.5. The maximum atomic E-state index is 9.88. The van der Waals surface area contributed by atoms with Gasteiger partial charge in [0, 0.05) is 18.6 Å². The van der Waals surface area contributed by atoms with Crippen molar-refractivity contribution in [3.8, 4) is 0 Å². The molecule has 0 aromatic carbocycles. The molecule has 0 aliphatic rings. The van der Waals surface area contributed by atoms with Gasteiger partial charge in [0.1, 0.15) is 0 Å². The Morgan fingerprint density at radius 1 is 1.12 bits per heavy atom. The number of nitrogens with one attached hydrogen (secondary N) is 1. The highest BCUT2D eigenvalue weighted by Gasteiger charge is 2.13. The monoisotopic (exact) mass is 245 g/mol. The molecule has 0 fully saturated rings. The number of likely N-dealkylation sites (N-methyl/N-ethyl adjacent to an activating group) is 1. The normalized spacial score (nSPS) is 14.6. The average molecular weight is 245 g/mol. The van der Waals surface area contributed by atoms with E-state index in [1.165, 1.54) is 0 Å². The molecule has 17 heavy (non-hydrogen) atoms. The lowest BCUT2D eigenvalue weighted by molar-refractivity contribution is 0.115.